The Labute approximate surface area is 172 Å². The number of rotatable bonds is 10. The van der Waals surface area contributed by atoms with E-state index in [4.69, 9.17) is 0 Å². The van der Waals surface area contributed by atoms with Crippen molar-refractivity contribution in [1.82, 2.24) is 5.32 Å². The Morgan fingerprint density at radius 3 is 1.81 bits per heavy atom. The van der Waals surface area contributed by atoms with Gasteiger partial charge in [-0.15, -0.1) is 0 Å². The summed E-state index contributed by atoms with van der Waals surface area (Å²) in [7, 11) is 0. The Balaban J connectivity index is 2.09. The Morgan fingerprint density at radius 2 is 1.19 bits per heavy atom. The van der Waals surface area contributed by atoms with Crippen molar-refractivity contribution in [1.29, 1.82) is 0 Å². The summed E-state index contributed by atoms with van der Waals surface area (Å²) in [4.78, 5) is 0. The summed E-state index contributed by atoms with van der Waals surface area (Å²) in [6, 6.07) is 0. The zero-order chi connectivity index (χ0) is 19.3. The molecule has 1 aliphatic rings. The van der Waals surface area contributed by atoms with Crippen molar-refractivity contribution in [2.45, 2.75) is 142 Å². The Bertz CT molecular complexity index is 259. The van der Waals surface area contributed by atoms with E-state index < -0.39 is 0 Å². The average molecular weight is 379 g/mol. The summed E-state index contributed by atoms with van der Waals surface area (Å²) < 4.78 is 0. The largest absolute Gasteiger partial charge is 0.317 e. The van der Waals surface area contributed by atoms with Crippen LogP contribution in [0.4, 0.5) is 0 Å². The molecular weight excluding hydrogens is 326 g/mol. The highest BCUT2D eigenvalue weighted by Gasteiger charge is 2.09. The van der Waals surface area contributed by atoms with Gasteiger partial charge in [-0.05, 0) is 44.7 Å². The molecule has 0 aromatic carbocycles. The second-order valence-electron chi connectivity index (χ2n) is 9.12. The summed E-state index contributed by atoms with van der Waals surface area (Å²) in [6.07, 6.45) is 33.1. The molecule has 1 fully saturated rings. The molecule has 0 spiro atoms. The van der Waals surface area contributed by atoms with E-state index in [1.54, 1.807) is 0 Å². The molecule has 0 aromatic rings. The van der Waals surface area contributed by atoms with Crippen LogP contribution in [0.5, 0.6) is 0 Å². The van der Waals surface area contributed by atoms with Crippen LogP contribution in [-0.4, -0.2) is 13.1 Å². The van der Waals surface area contributed by atoms with Gasteiger partial charge in [0, 0.05) is 0 Å². The van der Waals surface area contributed by atoms with Gasteiger partial charge < -0.3 is 5.32 Å². The van der Waals surface area contributed by atoms with E-state index in [-0.39, 0.29) is 0 Å². The fraction of sp³-hybridized carbons (Fsp3) is 0.962. The summed E-state index contributed by atoms with van der Waals surface area (Å²) in [5, 5.41) is 3.62. The average Bonchev–Trinajstić information content (AvgIpc) is 2.68. The molecule has 1 atom stereocenters. The summed E-state index contributed by atoms with van der Waals surface area (Å²) in [6.45, 7) is 4.74. The lowest BCUT2D eigenvalue weighted by Gasteiger charge is -2.17. The van der Waals surface area contributed by atoms with Crippen LogP contribution in [0.3, 0.4) is 0 Å². The molecule has 1 unspecified atom stereocenters. The van der Waals surface area contributed by atoms with Crippen LogP contribution in [0.25, 0.3) is 0 Å². The molecule has 1 aliphatic carbocycles. The van der Waals surface area contributed by atoms with Gasteiger partial charge >= 0.3 is 0 Å². The second-order valence-corrected chi connectivity index (χ2v) is 9.12. The molecule has 1 nitrogen and oxygen atoms in total. The number of nitrogens with one attached hydrogen (secondary N) is 1. The highest BCUT2D eigenvalue weighted by atomic mass is 14.8. The van der Waals surface area contributed by atoms with Gasteiger partial charge in [-0.25, -0.2) is 0 Å². The number of hydrogen-bond acceptors (Lipinski definition) is 1. The molecule has 0 aliphatic heterocycles. The van der Waals surface area contributed by atoms with Gasteiger partial charge in [0.2, 0.25) is 0 Å². The minimum atomic E-state index is 0.912. The van der Waals surface area contributed by atoms with Crippen LogP contribution < -0.4 is 5.32 Å². The van der Waals surface area contributed by atoms with Crippen molar-refractivity contribution in [3.63, 3.8) is 0 Å². The molecule has 0 saturated heterocycles. The SMILES string of the molecule is CCCCCNCCCCCC1[CH]CCCCCCCCCCCCCC1. The zero-order valence-electron chi connectivity index (χ0n) is 18.9. The smallest absolute Gasteiger partial charge is 0.00489 e. The predicted molar refractivity (Wildman–Crippen MR) is 123 cm³/mol. The van der Waals surface area contributed by atoms with Gasteiger partial charge in [-0.2, -0.15) is 0 Å². The first-order valence-electron chi connectivity index (χ1n) is 13.0. The van der Waals surface area contributed by atoms with E-state index in [9.17, 15) is 0 Å². The van der Waals surface area contributed by atoms with Crippen LogP contribution in [0.1, 0.15) is 142 Å². The highest BCUT2D eigenvalue weighted by Crippen LogP contribution is 2.24. The molecule has 0 amide bonds. The minimum absolute atomic E-state index is 0.912. The van der Waals surface area contributed by atoms with Gasteiger partial charge in [0.25, 0.3) is 0 Å². The van der Waals surface area contributed by atoms with E-state index in [0.29, 0.717) is 0 Å². The molecule has 1 saturated carbocycles. The maximum Gasteiger partial charge on any atom is -0.00489 e. The molecule has 0 heterocycles. The third-order valence-electron chi connectivity index (χ3n) is 6.41. The van der Waals surface area contributed by atoms with Gasteiger partial charge in [-0.1, -0.05) is 122 Å². The molecule has 1 N–H and O–H groups in total. The standard InChI is InChI=1S/C26H52N/c1-2-3-19-24-27-25-20-15-18-23-26-21-16-13-11-9-7-5-4-6-8-10-12-14-17-22-26/h21,26-27H,2-20,22-25H2,1H3. The molecule has 1 radical (unpaired) electrons. The second kappa shape index (κ2) is 20.7. The van der Waals surface area contributed by atoms with Crippen LogP contribution in [0, 0.1) is 12.3 Å². The van der Waals surface area contributed by atoms with Crippen LogP contribution in [0.2, 0.25) is 0 Å². The zero-order valence-corrected chi connectivity index (χ0v) is 18.9. The summed E-state index contributed by atoms with van der Waals surface area (Å²) in [5.74, 6) is 0.912. The normalized spacial score (nSPS) is 19.9. The van der Waals surface area contributed by atoms with Gasteiger partial charge in [0.15, 0.2) is 0 Å². The van der Waals surface area contributed by atoms with Gasteiger partial charge in [-0.3, -0.25) is 0 Å². The van der Waals surface area contributed by atoms with E-state index in [1.165, 1.54) is 148 Å². The Morgan fingerprint density at radius 1 is 0.630 bits per heavy atom. The minimum Gasteiger partial charge on any atom is -0.317 e. The molecule has 27 heavy (non-hydrogen) atoms. The lowest BCUT2D eigenvalue weighted by molar-refractivity contribution is 0.428. The maximum atomic E-state index is 3.62. The highest BCUT2D eigenvalue weighted by molar-refractivity contribution is 4.77. The van der Waals surface area contributed by atoms with Gasteiger partial charge in [0.1, 0.15) is 0 Å². The lowest BCUT2D eigenvalue weighted by atomic mass is 9.89. The molecule has 0 bridgehead atoms. The third-order valence-corrected chi connectivity index (χ3v) is 6.41. The van der Waals surface area contributed by atoms with Crippen LogP contribution in [-0.2, 0) is 0 Å². The maximum absolute atomic E-state index is 3.62. The number of unbranched alkanes of at least 4 members (excludes halogenated alkanes) is 4. The van der Waals surface area contributed by atoms with Gasteiger partial charge in [0.05, 0.1) is 0 Å². The van der Waals surface area contributed by atoms with Crippen molar-refractivity contribution < 1.29 is 0 Å². The fourth-order valence-electron chi connectivity index (χ4n) is 4.51. The first-order valence-corrected chi connectivity index (χ1v) is 13.0. The monoisotopic (exact) mass is 378 g/mol. The van der Waals surface area contributed by atoms with Crippen molar-refractivity contribution in [3.8, 4) is 0 Å². The molecule has 1 rings (SSSR count). The lowest BCUT2D eigenvalue weighted by Crippen LogP contribution is -2.16. The fourth-order valence-corrected chi connectivity index (χ4v) is 4.51. The van der Waals surface area contributed by atoms with E-state index in [0.717, 1.165) is 5.92 Å². The van der Waals surface area contributed by atoms with E-state index in [1.807, 2.05) is 0 Å². The summed E-state index contributed by atoms with van der Waals surface area (Å²) >= 11 is 0. The predicted octanol–water partition coefficient (Wildman–Crippen LogP) is 8.62. The van der Waals surface area contributed by atoms with Crippen molar-refractivity contribution in [2.75, 3.05) is 13.1 Å². The van der Waals surface area contributed by atoms with Crippen molar-refractivity contribution in [2.24, 2.45) is 5.92 Å². The number of hydrogen-bond donors (Lipinski definition) is 1. The van der Waals surface area contributed by atoms with E-state index in [2.05, 4.69) is 18.7 Å². The molecule has 161 valence electrons. The molecule has 1 heteroatoms. The van der Waals surface area contributed by atoms with Crippen molar-refractivity contribution in [3.05, 3.63) is 6.42 Å². The third kappa shape index (κ3) is 17.8. The topological polar surface area (TPSA) is 12.0 Å². The van der Waals surface area contributed by atoms with Crippen LogP contribution in [0.15, 0.2) is 0 Å². The van der Waals surface area contributed by atoms with Crippen LogP contribution >= 0.6 is 0 Å². The summed E-state index contributed by atoms with van der Waals surface area (Å²) in [5.41, 5.74) is 0. The first kappa shape index (κ1) is 25.0. The van der Waals surface area contributed by atoms with Crippen molar-refractivity contribution >= 4 is 0 Å². The molecule has 0 aromatic heterocycles. The van der Waals surface area contributed by atoms with E-state index >= 15 is 0 Å². The Kier molecular flexibility index (Phi) is 19.2. The molecular formula is C26H52N. The quantitative estimate of drug-likeness (QED) is 0.375. The first-order chi connectivity index (χ1) is 13.4. The Hall–Kier alpha value is -0.0400.